The fraction of sp³-hybridized carbons (Fsp3) is 0.370. The Labute approximate surface area is 223 Å². The van der Waals surface area contributed by atoms with Gasteiger partial charge in [0.15, 0.2) is 0 Å². The summed E-state index contributed by atoms with van der Waals surface area (Å²) in [7, 11) is 1.63. The van der Waals surface area contributed by atoms with Crippen LogP contribution >= 0.6 is 23.4 Å². The molecule has 0 N–H and O–H groups in total. The minimum absolute atomic E-state index is 0.107. The van der Waals surface area contributed by atoms with Crippen LogP contribution in [-0.2, 0) is 16.1 Å². The summed E-state index contributed by atoms with van der Waals surface area (Å²) >= 11 is 8.49. The first-order valence-electron chi connectivity index (χ1n) is 12.1. The molecule has 2 aromatic carbocycles. The Bertz CT molecular complexity index is 1430. The highest BCUT2D eigenvalue weighted by Gasteiger charge is 2.34. The standard InChI is InChI=1S/C27H28ClFN4O3S/c1-5-22(34)33-15(2)11-31(12-16(33)3)26-20-10-21(28)23(17-6-8-18(29)9-7-17)25-24(20)32(27(35)30-26)13-19(36-4)14-37-25/h5-10,15-16,19H,1,11-14H2,2-4H3. The van der Waals surface area contributed by atoms with Crippen molar-refractivity contribution in [3.63, 3.8) is 0 Å². The number of aromatic nitrogens is 2. The summed E-state index contributed by atoms with van der Waals surface area (Å²) in [5, 5.41) is 1.25. The van der Waals surface area contributed by atoms with Gasteiger partial charge in [-0.3, -0.25) is 9.36 Å². The van der Waals surface area contributed by atoms with Crippen molar-refractivity contribution in [2.75, 3.05) is 30.9 Å². The molecule has 5 rings (SSSR count). The third-order valence-corrected chi connectivity index (χ3v) is 8.59. The molecule has 37 heavy (non-hydrogen) atoms. The van der Waals surface area contributed by atoms with Crippen molar-refractivity contribution in [2.24, 2.45) is 0 Å². The second kappa shape index (κ2) is 10.1. The third kappa shape index (κ3) is 4.53. The largest absolute Gasteiger partial charge is 0.379 e. The molecule has 1 saturated heterocycles. The number of thioether (sulfide) groups is 1. The van der Waals surface area contributed by atoms with Crippen molar-refractivity contribution in [2.45, 2.75) is 43.5 Å². The van der Waals surface area contributed by atoms with Crippen LogP contribution in [-0.4, -0.2) is 64.5 Å². The lowest BCUT2D eigenvalue weighted by molar-refractivity contribution is -0.130. The monoisotopic (exact) mass is 542 g/mol. The maximum atomic E-state index is 13.7. The SMILES string of the molecule is C=CC(=O)N1C(C)CN(c2nc(=O)n3c4c(c(-c5ccc(F)cc5)c(Cl)cc24)SCC(OC)C3)CC1C. The fourth-order valence-corrected chi connectivity index (χ4v) is 7.10. The first kappa shape index (κ1) is 25.8. The normalized spacial score (nSPS) is 21.7. The average molecular weight is 543 g/mol. The molecule has 0 saturated carbocycles. The molecular weight excluding hydrogens is 515 g/mol. The van der Waals surface area contributed by atoms with E-state index >= 15 is 0 Å². The lowest BCUT2D eigenvalue weighted by atomic mass is 10.0. The van der Waals surface area contributed by atoms with Crippen LogP contribution < -0.4 is 10.6 Å². The predicted octanol–water partition coefficient (Wildman–Crippen LogP) is 4.59. The summed E-state index contributed by atoms with van der Waals surface area (Å²) in [6, 6.07) is 7.83. The summed E-state index contributed by atoms with van der Waals surface area (Å²) in [5.41, 5.74) is 1.89. The number of carbonyl (C=O) groups excluding carboxylic acids is 1. The highest BCUT2D eigenvalue weighted by atomic mass is 35.5. The third-order valence-electron chi connectivity index (χ3n) is 7.06. The Morgan fingerprint density at radius 1 is 1.22 bits per heavy atom. The Morgan fingerprint density at radius 3 is 2.51 bits per heavy atom. The van der Waals surface area contributed by atoms with Crippen LogP contribution in [0.1, 0.15) is 13.8 Å². The molecule has 0 spiro atoms. The second-order valence-electron chi connectivity index (χ2n) is 9.52. The second-order valence-corrected chi connectivity index (χ2v) is 11.0. The first-order chi connectivity index (χ1) is 17.7. The molecule has 3 heterocycles. The number of carbonyl (C=O) groups is 1. The molecule has 3 unspecified atom stereocenters. The number of rotatable bonds is 4. The van der Waals surface area contributed by atoms with Crippen molar-refractivity contribution >= 4 is 46.0 Å². The quantitative estimate of drug-likeness (QED) is 0.449. The summed E-state index contributed by atoms with van der Waals surface area (Å²) in [5.74, 6) is 0.716. The van der Waals surface area contributed by atoms with Gasteiger partial charge in [-0.05, 0) is 43.7 Å². The van der Waals surface area contributed by atoms with Crippen molar-refractivity contribution in [1.82, 2.24) is 14.5 Å². The van der Waals surface area contributed by atoms with Gasteiger partial charge in [0, 0.05) is 53.9 Å². The molecule has 0 radical (unpaired) electrons. The van der Waals surface area contributed by atoms with Crippen LogP contribution in [0.25, 0.3) is 22.0 Å². The molecule has 7 nitrogen and oxygen atoms in total. The van der Waals surface area contributed by atoms with Crippen molar-refractivity contribution in [1.29, 1.82) is 0 Å². The zero-order valence-corrected chi connectivity index (χ0v) is 22.5. The van der Waals surface area contributed by atoms with Crippen molar-refractivity contribution < 1.29 is 13.9 Å². The molecule has 10 heteroatoms. The minimum atomic E-state index is -0.370. The molecule has 1 fully saturated rings. The van der Waals surface area contributed by atoms with Gasteiger partial charge < -0.3 is 14.5 Å². The average Bonchev–Trinajstić information content (AvgIpc) is 3.07. The number of hydrogen-bond acceptors (Lipinski definition) is 6. The number of amides is 1. The van der Waals surface area contributed by atoms with Crippen molar-refractivity contribution in [3.05, 3.63) is 64.3 Å². The molecule has 3 aromatic rings. The Hall–Kier alpha value is -2.88. The maximum Gasteiger partial charge on any atom is 0.350 e. The number of halogens is 2. The predicted molar refractivity (Wildman–Crippen MR) is 146 cm³/mol. The van der Waals surface area contributed by atoms with Gasteiger partial charge in [-0.1, -0.05) is 30.3 Å². The van der Waals surface area contributed by atoms with E-state index in [0.717, 1.165) is 26.9 Å². The number of nitrogens with zero attached hydrogens (tertiary/aromatic N) is 4. The smallest absolute Gasteiger partial charge is 0.350 e. The van der Waals surface area contributed by atoms with Gasteiger partial charge >= 0.3 is 5.69 Å². The Morgan fingerprint density at radius 2 is 1.89 bits per heavy atom. The molecule has 3 atom stereocenters. The van der Waals surface area contributed by atoms with Crippen molar-refractivity contribution in [3.8, 4) is 11.1 Å². The fourth-order valence-electron chi connectivity index (χ4n) is 5.41. The van der Waals surface area contributed by atoms with Crippen LogP contribution in [0.5, 0.6) is 0 Å². The van der Waals surface area contributed by atoms with E-state index in [2.05, 4.69) is 16.5 Å². The molecule has 2 aliphatic heterocycles. The van der Waals surface area contributed by atoms with E-state index < -0.39 is 0 Å². The Balaban J connectivity index is 1.73. The van der Waals surface area contributed by atoms with Gasteiger partial charge in [0.2, 0.25) is 5.91 Å². The minimum Gasteiger partial charge on any atom is -0.379 e. The van der Waals surface area contributed by atoms with Gasteiger partial charge in [-0.25, -0.2) is 9.18 Å². The highest BCUT2D eigenvalue weighted by Crippen LogP contribution is 2.45. The van der Waals surface area contributed by atoms with Gasteiger partial charge in [-0.2, -0.15) is 4.98 Å². The van der Waals surface area contributed by atoms with E-state index in [9.17, 15) is 14.0 Å². The highest BCUT2D eigenvalue weighted by molar-refractivity contribution is 7.99. The molecule has 194 valence electrons. The lowest BCUT2D eigenvalue weighted by Gasteiger charge is -2.44. The van der Waals surface area contributed by atoms with Crippen LogP contribution in [0, 0.1) is 5.82 Å². The van der Waals surface area contributed by atoms with Gasteiger partial charge in [-0.15, -0.1) is 11.8 Å². The summed E-state index contributed by atoms with van der Waals surface area (Å²) in [6.07, 6.45) is 1.14. The number of ether oxygens (including phenoxy) is 1. The number of benzene rings is 2. The summed E-state index contributed by atoms with van der Waals surface area (Å²) in [4.78, 5) is 35.2. The van der Waals surface area contributed by atoms with Gasteiger partial charge in [0.05, 0.1) is 23.2 Å². The summed E-state index contributed by atoms with van der Waals surface area (Å²) in [6.45, 7) is 8.96. The van der Waals surface area contributed by atoms with E-state index in [0.29, 0.717) is 36.2 Å². The van der Waals surface area contributed by atoms with Crippen LogP contribution in [0.3, 0.4) is 0 Å². The van der Waals surface area contributed by atoms with Gasteiger partial charge in [0.25, 0.3) is 0 Å². The lowest BCUT2D eigenvalue weighted by Crippen LogP contribution is -2.58. The number of methoxy groups -OCH3 is 1. The van der Waals surface area contributed by atoms with Crippen LogP contribution in [0.15, 0.2) is 52.7 Å². The molecular formula is C27H28ClFN4O3S. The molecule has 0 aliphatic carbocycles. The Kier molecular flexibility index (Phi) is 7.04. The summed E-state index contributed by atoms with van der Waals surface area (Å²) < 4.78 is 21.0. The van der Waals surface area contributed by atoms with E-state index in [1.807, 2.05) is 24.8 Å². The van der Waals surface area contributed by atoms with E-state index in [4.69, 9.17) is 16.3 Å². The number of anilines is 1. The molecule has 2 aliphatic rings. The van der Waals surface area contributed by atoms with Crippen LogP contribution in [0.2, 0.25) is 5.02 Å². The number of piperazine rings is 1. The van der Waals surface area contributed by atoms with E-state index in [1.165, 1.54) is 18.2 Å². The maximum absolute atomic E-state index is 13.7. The topological polar surface area (TPSA) is 67.7 Å². The number of hydrogen-bond donors (Lipinski definition) is 0. The van der Waals surface area contributed by atoms with Crippen LogP contribution in [0.4, 0.5) is 10.2 Å². The van der Waals surface area contributed by atoms with E-state index in [-0.39, 0.29) is 35.6 Å². The first-order valence-corrected chi connectivity index (χ1v) is 13.5. The van der Waals surface area contributed by atoms with E-state index in [1.54, 1.807) is 35.6 Å². The zero-order chi connectivity index (χ0) is 26.4. The zero-order valence-electron chi connectivity index (χ0n) is 20.9. The molecule has 0 bridgehead atoms. The molecule has 1 aromatic heterocycles. The molecule has 1 amide bonds. The van der Waals surface area contributed by atoms with Gasteiger partial charge in [0.1, 0.15) is 11.6 Å².